The molecule has 63 heavy (non-hydrogen) atoms. The number of ether oxygens (including phenoxy) is 3. The Kier molecular flexibility index (Phi) is 42.2. The summed E-state index contributed by atoms with van der Waals surface area (Å²) in [6.07, 6.45) is 60.1. The quantitative estimate of drug-likeness (QED) is 0.0260. The van der Waals surface area contributed by atoms with Gasteiger partial charge in [0.25, 0.3) is 0 Å². The summed E-state index contributed by atoms with van der Waals surface area (Å²) in [7, 11) is 5.38. The van der Waals surface area contributed by atoms with E-state index in [1.807, 2.05) is 0 Å². The van der Waals surface area contributed by atoms with E-state index in [1.54, 1.807) is 21.1 Å². The Hall–Kier alpha value is -3.75. The smallest absolute Gasteiger partial charge is 0.306 e. The Morgan fingerprint density at radius 1 is 0.492 bits per heavy atom. The lowest BCUT2D eigenvalue weighted by atomic mass is 10.1. The number of quaternary nitrogens is 1. The zero-order valence-corrected chi connectivity index (χ0v) is 40.7. The van der Waals surface area contributed by atoms with Crippen LogP contribution in [0, 0.1) is 0 Å². The van der Waals surface area contributed by atoms with Crippen LogP contribution in [0.15, 0.2) is 97.2 Å². The zero-order chi connectivity index (χ0) is 46.3. The van der Waals surface area contributed by atoms with Crippen molar-refractivity contribution in [3.05, 3.63) is 97.2 Å². The number of likely N-dealkylation sites (N-methyl/N-ethyl adjacent to an activating group) is 1. The monoisotopic (exact) mass is 878 g/mol. The van der Waals surface area contributed by atoms with Crippen molar-refractivity contribution in [3.8, 4) is 0 Å². The molecule has 0 aromatic rings. The summed E-state index contributed by atoms with van der Waals surface area (Å²) in [5, 5.41) is 11.7. The van der Waals surface area contributed by atoms with Crippen LogP contribution in [-0.4, -0.2) is 75.5 Å². The molecular formula is C55H91NO7. The topological polar surface area (TPSA) is 102 Å². The highest BCUT2D eigenvalue weighted by Gasteiger charge is 2.25. The van der Waals surface area contributed by atoms with Crippen molar-refractivity contribution in [2.24, 2.45) is 0 Å². The predicted molar refractivity (Wildman–Crippen MR) is 263 cm³/mol. The number of allylic oxidation sites excluding steroid dienone is 16. The molecule has 0 aliphatic heterocycles. The third-order valence-electron chi connectivity index (χ3n) is 10.5. The molecule has 0 aromatic carbocycles. The van der Waals surface area contributed by atoms with Crippen molar-refractivity contribution in [3.63, 3.8) is 0 Å². The van der Waals surface area contributed by atoms with E-state index in [4.69, 9.17) is 14.2 Å². The largest absolute Gasteiger partial charge is 0.544 e. The van der Waals surface area contributed by atoms with Crippen LogP contribution in [0.1, 0.15) is 181 Å². The fourth-order valence-corrected chi connectivity index (χ4v) is 6.64. The van der Waals surface area contributed by atoms with Gasteiger partial charge in [-0.3, -0.25) is 9.59 Å². The van der Waals surface area contributed by atoms with Crippen molar-refractivity contribution in [1.29, 1.82) is 0 Å². The highest BCUT2D eigenvalue weighted by Crippen LogP contribution is 2.12. The molecule has 0 bridgehead atoms. The van der Waals surface area contributed by atoms with Gasteiger partial charge in [0, 0.05) is 19.3 Å². The van der Waals surface area contributed by atoms with Gasteiger partial charge in [0.05, 0.1) is 40.3 Å². The van der Waals surface area contributed by atoms with Crippen LogP contribution in [0.4, 0.5) is 0 Å². The number of rotatable bonds is 43. The summed E-state index contributed by atoms with van der Waals surface area (Å²) in [6, 6.07) is -0.743. The molecule has 0 N–H and O–H groups in total. The van der Waals surface area contributed by atoms with Crippen molar-refractivity contribution < 1.29 is 38.2 Å². The zero-order valence-electron chi connectivity index (χ0n) is 40.7. The van der Waals surface area contributed by atoms with Crippen LogP contribution in [0.5, 0.6) is 0 Å². The molecule has 0 aliphatic carbocycles. The third-order valence-corrected chi connectivity index (χ3v) is 10.5. The molecule has 0 amide bonds. The van der Waals surface area contributed by atoms with Gasteiger partial charge in [-0.2, -0.15) is 0 Å². The number of aliphatic carboxylic acids is 1. The average Bonchev–Trinajstić information content (AvgIpc) is 3.24. The molecule has 0 aliphatic rings. The van der Waals surface area contributed by atoms with Crippen LogP contribution >= 0.6 is 0 Å². The molecule has 8 nitrogen and oxygen atoms in total. The first-order chi connectivity index (χ1) is 30.6. The summed E-state index contributed by atoms with van der Waals surface area (Å²) in [4.78, 5) is 37.0. The number of esters is 2. The fraction of sp³-hybridized carbons (Fsp3) is 0.655. The second-order valence-electron chi connectivity index (χ2n) is 17.3. The first kappa shape index (κ1) is 59.2. The predicted octanol–water partition coefficient (Wildman–Crippen LogP) is 12.9. The minimum atomic E-state index is -1.14. The molecule has 358 valence electrons. The number of carbonyl (C=O) groups is 3. The molecule has 0 radical (unpaired) electrons. The van der Waals surface area contributed by atoms with Crippen molar-refractivity contribution >= 4 is 17.9 Å². The van der Waals surface area contributed by atoms with Gasteiger partial charge in [0.1, 0.15) is 12.6 Å². The van der Waals surface area contributed by atoms with Gasteiger partial charge in [-0.15, -0.1) is 0 Å². The maximum atomic E-state index is 12.7. The molecule has 0 saturated carbocycles. The maximum absolute atomic E-state index is 12.7. The Bertz CT molecular complexity index is 1350. The van der Waals surface area contributed by atoms with Gasteiger partial charge in [-0.05, 0) is 89.9 Å². The highest BCUT2D eigenvalue weighted by molar-refractivity contribution is 5.70. The van der Waals surface area contributed by atoms with Crippen LogP contribution < -0.4 is 5.11 Å². The molecule has 0 fully saturated rings. The van der Waals surface area contributed by atoms with Crippen LogP contribution in [0.25, 0.3) is 0 Å². The highest BCUT2D eigenvalue weighted by atomic mass is 16.6. The SMILES string of the molecule is CC/C=C/C/C=C/C/C=C/C/C=C/C/C=C/CCCCCCCCC(=O)OCC(COCCC(C(=O)[O-])[N+](C)(C)C)OC(=O)CCC/C=C/C/C=C/C/C=C/CCCCCCCC. The van der Waals surface area contributed by atoms with E-state index in [2.05, 4.69) is 111 Å². The molecular weight excluding hydrogens is 787 g/mol. The summed E-state index contributed by atoms with van der Waals surface area (Å²) >= 11 is 0. The molecule has 0 aromatic heterocycles. The lowest BCUT2D eigenvalue weighted by Gasteiger charge is -2.34. The number of unbranched alkanes of at least 4 members (excludes halogenated alkanes) is 13. The number of carboxylic acids is 1. The van der Waals surface area contributed by atoms with Crippen LogP contribution in [0.3, 0.4) is 0 Å². The van der Waals surface area contributed by atoms with Crippen molar-refractivity contribution in [2.45, 2.75) is 193 Å². The van der Waals surface area contributed by atoms with E-state index >= 15 is 0 Å². The Balaban J connectivity index is 4.39. The third kappa shape index (κ3) is 43.3. The van der Waals surface area contributed by atoms with Gasteiger partial charge < -0.3 is 28.6 Å². The van der Waals surface area contributed by atoms with Gasteiger partial charge in [-0.1, -0.05) is 169 Å². The number of carboxylic acid groups (broad SMARTS) is 1. The summed E-state index contributed by atoms with van der Waals surface area (Å²) in [5.74, 6) is -1.83. The minimum Gasteiger partial charge on any atom is -0.544 e. The fourth-order valence-electron chi connectivity index (χ4n) is 6.64. The Morgan fingerprint density at radius 2 is 0.905 bits per heavy atom. The second kappa shape index (κ2) is 44.8. The average molecular weight is 878 g/mol. The van der Waals surface area contributed by atoms with Crippen molar-refractivity contribution in [1.82, 2.24) is 0 Å². The number of hydrogen-bond acceptors (Lipinski definition) is 7. The van der Waals surface area contributed by atoms with E-state index in [-0.39, 0.29) is 49.1 Å². The normalized spacial score (nSPS) is 13.7. The van der Waals surface area contributed by atoms with Gasteiger partial charge in [-0.25, -0.2) is 0 Å². The Morgan fingerprint density at radius 3 is 1.37 bits per heavy atom. The molecule has 0 spiro atoms. The van der Waals surface area contributed by atoms with E-state index in [1.165, 1.54) is 51.4 Å². The van der Waals surface area contributed by atoms with Gasteiger partial charge in [0.2, 0.25) is 0 Å². The standard InChI is InChI=1S/C55H91NO7/c1-6-8-10-12-14-16-18-20-22-24-25-26-27-28-30-31-33-35-37-39-41-43-45-53(57)62-50-51(49-61-48-47-52(55(59)60)56(3,4)5)63-54(58)46-44-42-40-38-36-34-32-29-23-21-19-17-15-13-11-9-7-2/h8,10,14,16,20-23,25-26,28,30,32,34,38,40,51-52H,6-7,9,11-13,15,17-19,24,27,29,31,33,35-37,39,41-50H2,1-5H3/b10-8+,16-14+,22-20+,23-21+,26-25+,30-28+,34-32+,40-38+. The molecule has 0 heterocycles. The lowest BCUT2D eigenvalue weighted by molar-refractivity contribution is -0.889. The number of carbonyl (C=O) groups excluding carboxylic acids is 3. The van der Waals surface area contributed by atoms with Crippen LogP contribution in [-0.2, 0) is 28.6 Å². The summed E-state index contributed by atoms with van der Waals surface area (Å²) in [6.45, 7) is 4.46. The summed E-state index contributed by atoms with van der Waals surface area (Å²) in [5.41, 5.74) is 0. The molecule has 0 saturated heterocycles. The van der Waals surface area contributed by atoms with Gasteiger partial charge >= 0.3 is 11.9 Å². The Labute approximate surface area is 386 Å². The molecule has 8 heteroatoms. The second-order valence-corrected chi connectivity index (χ2v) is 17.3. The van der Waals surface area contributed by atoms with Gasteiger partial charge in [0.15, 0.2) is 6.10 Å². The lowest BCUT2D eigenvalue weighted by Crippen LogP contribution is -2.55. The van der Waals surface area contributed by atoms with E-state index in [9.17, 15) is 19.5 Å². The maximum Gasteiger partial charge on any atom is 0.306 e. The summed E-state index contributed by atoms with van der Waals surface area (Å²) < 4.78 is 17.1. The first-order valence-electron chi connectivity index (χ1n) is 24.8. The van der Waals surface area contributed by atoms with Crippen molar-refractivity contribution in [2.75, 3.05) is 41.0 Å². The number of hydrogen-bond donors (Lipinski definition) is 0. The van der Waals surface area contributed by atoms with E-state index in [0.717, 1.165) is 89.9 Å². The molecule has 0 rings (SSSR count). The number of nitrogens with zero attached hydrogens (tertiary/aromatic N) is 1. The van der Waals surface area contributed by atoms with Crippen LogP contribution in [0.2, 0.25) is 0 Å². The molecule has 2 unspecified atom stereocenters. The minimum absolute atomic E-state index is 0.00995. The molecule has 2 atom stereocenters. The first-order valence-corrected chi connectivity index (χ1v) is 24.8. The van der Waals surface area contributed by atoms with E-state index < -0.39 is 18.1 Å². The van der Waals surface area contributed by atoms with E-state index in [0.29, 0.717) is 12.8 Å².